The van der Waals surface area contributed by atoms with Gasteiger partial charge in [-0.3, -0.25) is 0 Å². The molecule has 0 heterocycles. The van der Waals surface area contributed by atoms with Crippen LogP contribution in [0.4, 0.5) is 0 Å². The van der Waals surface area contributed by atoms with E-state index >= 15 is 0 Å². The van der Waals surface area contributed by atoms with Gasteiger partial charge in [0.05, 0.1) is 0 Å². The molecule has 24 heavy (non-hydrogen) atoms. The van der Waals surface area contributed by atoms with Crippen molar-refractivity contribution in [2.24, 2.45) is 11.7 Å². The van der Waals surface area contributed by atoms with Crippen LogP contribution in [0.2, 0.25) is 0 Å². The van der Waals surface area contributed by atoms with E-state index in [1.165, 1.54) is 5.57 Å². The topological polar surface area (TPSA) is 66.5 Å². The molecular weight excluding hydrogens is 298 g/mol. The summed E-state index contributed by atoms with van der Waals surface area (Å²) in [6.07, 6.45) is 8.31. The van der Waals surface area contributed by atoms with Crippen molar-refractivity contribution < 1.29 is 10.2 Å². The second-order valence-electron chi connectivity index (χ2n) is 7.05. The third-order valence-electron chi connectivity index (χ3n) is 5.12. The Morgan fingerprint density at radius 3 is 2.46 bits per heavy atom. The molecule has 132 valence electrons. The lowest BCUT2D eigenvalue weighted by Gasteiger charge is -2.32. The molecule has 0 aliphatic heterocycles. The summed E-state index contributed by atoms with van der Waals surface area (Å²) in [5.41, 5.74) is 9.69. The van der Waals surface area contributed by atoms with Crippen LogP contribution < -0.4 is 5.73 Å². The Morgan fingerprint density at radius 2 is 1.92 bits per heavy atom. The molecule has 2 atom stereocenters. The van der Waals surface area contributed by atoms with Gasteiger partial charge in [-0.25, -0.2) is 0 Å². The lowest BCUT2D eigenvalue weighted by molar-refractivity contribution is 0.405. The number of aryl methyl sites for hydroxylation is 1. The molecule has 0 aromatic heterocycles. The van der Waals surface area contributed by atoms with E-state index in [0.717, 1.165) is 49.7 Å². The summed E-state index contributed by atoms with van der Waals surface area (Å²) in [6, 6.07) is 3.62. The fourth-order valence-corrected chi connectivity index (χ4v) is 3.73. The molecule has 4 N–H and O–H groups in total. The molecular formula is C21H31NO2. The van der Waals surface area contributed by atoms with E-state index in [4.69, 9.17) is 5.73 Å². The number of rotatable bonds is 7. The highest BCUT2D eigenvalue weighted by Gasteiger charge is 2.30. The second-order valence-corrected chi connectivity index (χ2v) is 7.05. The van der Waals surface area contributed by atoms with Gasteiger partial charge in [0.25, 0.3) is 0 Å². The van der Waals surface area contributed by atoms with Crippen molar-refractivity contribution in [1.82, 2.24) is 0 Å². The molecule has 1 aromatic rings. The minimum absolute atomic E-state index is 0.0560. The van der Waals surface area contributed by atoms with Crippen molar-refractivity contribution in [2.75, 3.05) is 6.54 Å². The highest BCUT2D eigenvalue weighted by molar-refractivity contribution is 5.52. The van der Waals surface area contributed by atoms with Gasteiger partial charge < -0.3 is 15.9 Å². The zero-order chi connectivity index (χ0) is 17.7. The summed E-state index contributed by atoms with van der Waals surface area (Å²) in [5, 5.41) is 21.2. The third kappa shape index (κ3) is 4.21. The first-order chi connectivity index (χ1) is 11.5. The Kier molecular flexibility index (Phi) is 6.50. The minimum Gasteiger partial charge on any atom is -0.507 e. The Labute approximate surface area is 145 Å². The average Bonchev–Trinajstić information content (AvgIpc) is 2.54. The van der Waals surface area contributed by atoms with Crippen molar-refractivity contribution in [3.63, 3.8) is 0 Å². The zero-order valence-electron chi connectivity index (χ0n) is 15.0. The van der Waals surface area contributed by atoms with E-state index in [1.807, 2.05) is 19.1 Å². The van der Waals surface area contributed by atoms with Gasteiger partial charge in [-0.15, -0.1) is 0 Å². The molecule has 0 spiro atoms. The Hall–Kier alpha value is -1.74. The smallest absolute Gasteiger partial charge is 0.123 e. The van der Waals surface area contributed by atoms with E-state index in [9.17, 15) is 10.2 Å². The summed E-state index contributed by atoms with van der Waals surface area (Å²) in [6.45, 7) is 8.82. The van der Waals surface area contributed by atoms with Crippen molar-refractivity contribution in [3.8, 4) is 11.5 Å². The summed E-state index contributed by atoms with van der Waals surface area (Å²) < 4.78 is 0. The van der Waals surface area contributed by atoms with Crippen LogP contribution >= 0.6 is 0 Å². The highest BCUT2D eigenvalue weighted by Crippen LogP contribution is 2.46. The first-order valence-corrected chi connectivity index (χ1v) is 9.07. The molecule has 0 saturated heterocycles. The van der Waals surface area contributed by atoms with Crippen LogP contribution in [0, 0.1) is 5.92 Å². The number of hydrogen-bond acceptors (Lipinski definition) is 3. The van der Waals surface area contributed by atoms with E-state index in [0.29, 0.717) is 12.1 Å². The number of unbranched alkanes of at least 4 members (excludes halogenated alkanes) is 2. The Balaban J connectivity index is 2.36. The summed E-state index contributed by atoms with van der Waals surface area (Å²) in [7, 11) is 0. The van der Waals surface area contributed by atoms with Crippen molar-refractivity contribution in [3.05, 3.63) is 47.1 Å². The van der Waals surface area contributed by atoms with E-state index in [1.54, 1.807) is 0 Å². The van der Waals surface area contributed by atoms with Crippen LogP contribution in [0.5, 0.6) is 11.5 Å². The molecule has 1 aliphatic carbocycles. The number of benzene rings is 1. The molecule has 1 unspecified atom stereocenters. The maximum absolute atomic E-state index is 10.6. The van der Waals surface area contributed by atoms with Gasteiger partial charge in [0, 0.05) is 18.0 Å². The molecule has 3 heteroatoms. The van der Waals surface area contributed by atoms with E-state index in [-0.39, 0.29) is 23.3 Å². The second kappa shape index (κ2) is 8.39. The normalized spacial score (nSPS) is 20.7. The number of nitrogens with two attached hydrogens (primary N) is 1. The predicted octanol–water partition coefficient (Wildman–Crippen LogP) is 4.79. The minimum atomic E-state index is -0.0560. The van der Waals surface area contributed by atoms with Crippen LogP contribution in [0.15, 0.2) is 35.9 Å². The SMILES string of the molecule is C=C(C)[C@H]1CCC(CN)=CC1c1c(O)cc(CCCCC)cc1O. The number of phenolic OH excluding ortho intramolecular Hbond substituents is 2. The first-order valence-electron chi connectivity index (χ1n) is 9.07. The first kappa shape index (κ1) is 18.6. The molecule has 2 rings (SSSR count). The number of phenols is 2. The Morgan fingerprint density at radius 1 is 1.25 bits per heavy atom. The Bertz CT molecular complexity index is 595. The van der Waals surface area contributed by atoms with Crippen LogP contribution in [0.25, 0.3) is 0 Å². The maximum Gasteiger partial charge on any atom is 0.123 e. The number of allylic oxidation sites excluding steroid dienone is 2. The van der Waals surface area contributed by atoms with Crippen LogP contribution in [-0.4, -0.2) is 16.8 Å². The zero-order valence-corrected chi connectivity index (χ0v) is 15.0. The number of hydrogen-bond donors (Lipinski definition) is 3. The highest BCUT2D eigenvalue weighted by atomic mass is 16.3. The molecule has 0 radical (unpaired) electrons. The maximum atomic E-state index is 10.6. The molecule has 1 aliphatic rings. The molecule has 3 nitrogen and oxygen atoms in total. The van der Waals surface area contributed by atoms with E-state index in [2.05, 4.69) is 19.6 Å². The quantitative estimate of drug-likeness (QED) is 0.498. The van der Waals surface area contributed by atoms with E-state index < -0.39 is 0 Å². The largest absolute Gasteiger partial charge is 0.507 e. The fourth-order valence-electron chi connectivity index (χ4n) is 3.73. The molecule has 0 saturated carbocycles. The number of aromatic hydroxyl groups is 2. The van der Waals surface area contributed by atoms with Crippen LogP contribution in [0.3, 0.4) is 0 Å². The molecule has 0 bridgehead atoms. The lowest BCUT2D eigenvalue weighted by atomic mass is 9.73. The molecule has 0 amide bonds. The van der Waals surface area contributed by atoms with Gasteiger partial charge in [0.15, 0.2) is 0 Å². The molecule has 1 aromatic carbocycles. The third-order valence-corrected chi connectivity index (χ3v) is 5.12. The average molecular weight is 329 g/mol. The predicted molar refractivity (Wildman–Crippen MR) is 100 cm³/mol. The van der Waals surface area contributed by atoms with Crippen molar-refractivity contribution >= 4 is 0 Å². The van der Waals surface area contributed by atoms with Gasteiger partial charge in [0.2, 0.25) is 0 Å². The van der Waals surface area contributed by atoms with Crippen molar-refractivity contribution in [2.45, 2.75) is 58.3 Å². The molecule has 0 fully saturated rings. The van der Waals surface area contributed by atoms with Crippen LogP contribution in [0.1, 0.15) is 63.0 Å². The fraction of sp³-hybridized carbons (Fsp3) is 0.524. The monoisotopic (exact) mass is 329 g/mol. The van der Waals surface area contributed by atoms with Crippen LogP contribution in [-0.2, 0) is 6.42 Å². The summed E-state index contributed by atoms with van der Waals surface area (Å²) >= 11 is 0. The van der Waals surface area contributed by atoms with Gasteiger partial charge in [0.1, 0.15) is 11.5 Å². The summed E-state index contributed by atoms with van der Waals surface area (Å²) in [5.74, 6) is 0.544. The van der Waals surface area contributed by atoms with Crippen molar-refractivity contribution in [1.29, 1.82) is 0 Å². The van der Waals surface area contributed by atoms with Gasteiger partial charge in [-0.1, -0.05) is 43.6 Å². The van der Waals surface area contributed by atoms with Gasteiger partial charge >= 0.3 is 0 Å². The standard InChI is InChI=1S/C21H31NO2/c1-4-5-6-7-15-11-19(23)21(20(24)12-15)18-10-16(13-22)8-9-17(18)14(2)3/h10-12,17-18,23-24H,2,4-9,13,22H2,1,3H3/t17-,18?/m1/s1. The summed E-state index contributed by atoms with van der Waals surface area (Å²) in [4.78, 5) is 0. The lowest BCUT2D eigenvalue weighted by Crippen LogP contribution is -2.20. The van der Waals surface area contributed by atoms with Gasteiger partial charge in [-0.2, -0.15) is 0 Å². The van der Waals surface area contributed by atoms with Gasteiger partial charge in [-0.05, 0) is 56.2 Å².